The van der Waals surface area contributed by atoms with E-state index < -0.39 is 0 Å². The summed E-state index contributed by atoms with van der Waals surface area (Å²) in [6.45, 7) is 1.32. The Morgan fingerprint density at radius 3 is 2.83 bits per heavy atom. The number of methoxy groups -OCH3 is 1. The molecule has 0 saturated carbocycles. The largest absolute Gasteiger partial charge is 0.497 e. The topological polar surface area (TPSA) is 61.9 Å². The van der Waals surface area contributed by atoms with Crippen molar-refractivity contribution in [3.05, 3.63) is 29.8 Å². The maximum absolute atomic E-state index is 12.2. The Morgan fingerprint density at radius 2 is 2.17 bits per heavy atom. The molecule has 1 atom stereocenters. The van der Waals surface area contributed by atoms with Crippen LogP contribution in [0.3, 0.4) is 0 Å². The zero-order valence-electron chi connectivity index (χ0n) is 14.7. The predicted molar refractivity (Wildman–Crippen MR) is 92.9 cm³/mol. The lowest BCUT2D eigenvalue weighted by Gasteiger charge is -2.28. The summed E-state index contributed by atoms with van der Waals surface area (Å²) in [7, 11) is 5.59. The molecule has 0 radical (unpaired) electrons. The Labute approximate surface area is 143 Å². The number of hydrogen-bond acceptors (Lipinski definition) is 4. The lowest BCUT2D eigenvalue weighted by Crippen LogP contribution is -2.44. The van der Waals surface area contributed by atoms with Crippen molar-refractivity contribution in [2.45, 2.75) is 25.3 Å². The van der Waals surface area contributed by atoms with E-state index in [0.717, 1.165) is 24.2 Å². The molecule has 0 aromatic heterocycles. The molecule has 1 aliphatic rings. The highest BCUT2D eigenvalue weighted by atomic mass is 16.5. The van der Waals surface area contributed by atoms with Gasteiger partial charge in [-0.2, -0.15) is 0 Å². The molecule has 6 nitrogen and oxygen atoms in total. The number of likely N-dealkylation sites (tertiary alicyclic amines) is 1. The van der Waals surface area contributed by atoms with Crippen LogP contribution in [0, 0.1) is 0 Å². The molecule has 1 aromatic rings. The van der Waals surface area contributed by atoms with E-state index in [4.69, 9.17) is 4.74 Å². The second-order valence-corrected chi connectivity index (χ2v) is 6.33. The molecule has 1 saturated heterocycles. The van der Waals surface area contributed by atoms with Crippen LogP contribution in [0.15, 0.2) is 24.3 Å². The number of nitrogens with zero attached hydrogens (tertiary/aromatic N) is 2. The Morgan fingerprint density at radius 1 is 1.38 bits per heavy atom. The molecule has 1 aliphatic heterocycles. The fraction of sp³-hybridized carbons (Fsp3) is 0.556. The van der Waals surface area contributed by atoms with E-state index in [1.54, 1.807) is 12.0 Å². The number of ether oxygens (including phenoxy) is 1. The summed E-state index contributed by atoms with van der Waals surface area (Å²) in [6, 6.07) is 7.88. The van der Waals surface area contributed by atoms with Gasteiger partial charge in [-0.05, 0) is 44.6 Å². The van der Waals surface area contributed by atoms with Crippen LogP contribution in [0.5, 0.6) is 5.75 Å². The van der Waals surface area contributed by atoms with Crippen LogP contribution in [0.4, 0.5) is 0 Å². The number of amides is 2. The van der Waals surface area contributed by atoms with Gasteiger partial charge in [0, 0.05) is 19.5 Å². The van der Waals surface area contributed by atoms with E-state index in [0.29, 0.717) is 19.5 Å². The van der Waals surface area contributed by atoms with Gasteiger partial charge in [-0.15, -0.1) is 0 Å². The van der Waals surface area contributed by atoms with Crippen molar-refractivity contribution >= 4 is 11.8 Å². The van der Waals surface area contributed by atoms with Gasteiger partial charge >= 0.3 is 0 Å². The number of carbonyl (C=O) groups excluding carboxylic acids is 2. The van der Waals surface area contributed by atoms with Gasteiger partial charge in [0.2, 0.25) is 11.8 Å². The zero-order valence-corrected chi connectivity index (χ0v) is 14.7. The van der Waals surface area contributed by atoms with Gasteiger partial charge in [0.1, 0.15) is 5.75 Å². The molecule has 1 unspecified atom stereocenters. The summed E-state index contributed by atoms with van der Waals surface area (Å²) in [5.74, 6) is 0.762. The van der Waals surface area contributed by atoms with Crippen LogP contribution in [-0.4, -0.2) is 62.5 Å². The number of carbonyl (C=O) groups is 2. The Kier molecular flexibility index (Phi) is 6.61. The lowest BCUT2D eigenvalue weighted by molar-refractivity contribution is -0.137. The smallest absolute Gasteiger partial charge is 0.239 e. The number of rotatable bonds is 7. The first-order valence-corrected chi connectivity index (χ1v) is 8.36. The summed E-state index contributed by atoms with van der Waals surface area (Å²) in [6.07, 6.45) is 2.45. The summed E-state index contributed by atoms with van der Waals surface area (Å²) in [4.78, 5) is 27.7. The number of piperidine rings is 1. The van der Waals surface area contributed by atoms with Crippen LogP contribution in [-0.2, 0) is 9.59 Å². The number of likely N-dealkylation sites (N-methyl/N-ethyl adjacent to an activating group) is 1. The number of hydrogen-bond donors (Lipinski definition) is 1. The second kappa shape index (κ2) is 8.68. The lowest BCUT2D eigenvalue weighted by atomic mass is 10.1. The number of benzene rings is 1. The summed E-state index contributed by atoms with van der Waals surface area (Å²) in [5, 5.41) is 2.95. The molecular weight excluding hydrogens is 306 g/mol. The van der Waals surface area contributed by atoms with Gasteiger partial charge in [-0.25, -0.2) is 0 Å². The molecular formula is C18H27N3O3. The van der Waals surface area contributed by atoms with Crippen molar-refractivity contribution in [3.63, 3.8) is 0 Å². The normalized spacial score (nSPS) is 16.2. The van der Waals surface area contributed by atoms with E-state index in [1.807, 2.05) is 38.4 Å². The molecule has 2 rings (SSSR count). The van der Waals surface area contributed by atoms with Crippen LogP contribution >= 0.6 is 0 Å². The fourth-order valence-electron chi connectivity index (χ4n) is 2.92. The van der Waals surface area contributed by atoms with Crippen molar-refractivity contribution in [1.82, 2.24) is 15.1 Å². The molecule has 1 N–H and O–H groups in total. The molecule has 0 spiro atoms. The van der Waals surface area contributed by atoms with E-state index in [1.165, 1.54) is 0 Å². The van der Waals surface area contributed by atoms with Crippen LogP contribution in [0.2, 0.25) is 0 Å². The van der Waals surface area contributed by atoms with Gasteiger partial charge in [-0.1, -0.05) is 12.1 Å². The third-order valence-electron chi connectivity index (χ3n) is 4.35. The summed E-state index contributed by atoms with van der Waals surface area (Å²) >= 11 is 0. The molecule has 24 heavy (non-hydrogen) atoms. The maximum atomic E-state index is 12.2. The molecule has 1 heterocycles. The molecule has 132 valence electrons. The minimum atomic E-state index is -0.111. The van der Waals surface area contributed by atoms with Crippen LogP contribution in [0.25, 0.3) is 0 Å². The van der Waals surface area contributed by atoms with Crippen LogP contribution < -0.4 is 10.1 Å². The van der Waals surface area contributed by atoms with E-state index in [2.05, 4.69) is 10.2 Å². The highest BCUT2D eigenvalue weighted by molar-refractivity contribution is 5.85. The average Bonchev–Trinajstić information content (AvgIpc) is 2.57. The van der Waals surface area contributed by atoms with Gasteiger partial charge in [0.05, 0.1) is 19.7 Å². The van der Waals surface area contributed by atoms with Crippen molar-refractivity contribution in [2.75, 3.05) is 40.8 Å². The van der Waals surface area contributed by atoms with Crippen molar-refractivity contribution in [1.29, 1.82) is 0 Å². The van der Waals surface area contributed by atoms with Crippen molar-refractivity contribution in [2.24, 2.45) is 0 Å². The molecule has 1 fully saturated rings. The minimum Gasteiger partial charge on any atom is -0.497 e. The minimum absolute atomic E-state index is 0.0427. The fourth-order valence-corrected chi connectivity index (χ4v) is 2.92. The van der Waals surface area contributed by atoms with E-state index >= 15 is 0 Å². The van der Waals surface area contributed by atoms with Gasteiger partial charge in [-0.3, -0.25) is 9.59 Å². The Bertz CT molecular complexity index is 574. The first-order valence-electron chi connectivity index (χ1n) is 8.36. The van der Waals surface area contributed by atoms with Crippen molar-refractivity contribution < 1.29 is 14.3 Å². The van der Waals surface area contributed by atoms with Crippen LogP contribution in [0.1, 0.15) is 30.9 Å². The Hall–Kier alpha value is -2.08. The van der Waals surface area contributed by atoms with Crippen molar-refractivity contribution in [3.8, 4) is 5.75 Å². The van der Waals surface area contributed by atoms with E-state index in [-0.39, 0.29) is 24.4 Å². The molecule has 0 aliphatic carbocycles. The average molecular weight is 333 g/mol. The van der Waals surface area contributed by atoms with Gasteiger partial charge < -0.3 is 19.9 Å². The third-order valence-corrected chi connectivity index (χ3v) is 4.35. The van der Waals surface area contributed by atoms with Gasteiger partial charge in [0.15, 0.2) is 0 Å². The first kappa shape index (κ1) is 18.3. The van der Waals surface area contributed by atoms with Gasteiger partial charge in [0.25, 0.3) is 0 Å². The molecule has 6 heteroatoms. The highest BCUT2D eigenvalue weighted by Crippen LogP contribution is 2.22. The maximum Gasteiger partial charge on any atom is 0.239 e. The predicted octanol–water partition coefficient (Wildman–Crippen LogP) is 1.43. The first-order chi connectivity index (χ1) is 11.5. The third kappa shape index (κ3) is 4.96. The highest BCUT2D eigenvalue weighted by Gasteiger charge is 2.21. The second-order valence-electron chi connectivity index (χ2n) is 6.33. The Balaban J connectivity index is 1.93. The van der Waals surface area contributed by atoms with E-state index in [9.17, 15) is 9.59 Å². The SMILES string of the molecule is COc1cccc(C(CNC(=O)CN2CCCCC2=O)N(C)C)c1. The quantitative estimate of drug-likeness (QED) is 0.820. The summed E-state index contributed by atoms with van der Waals surface area (Å²) in [5.41, 5.74) is 1.08. The summed E-state index contributed by atoms with van der Waals surface area (Å²) < 4.78 is 5.27. The monoisotopic (exact) mass is 333 g/mol. The number of nitrogens with one attached hydrogen (secondary N) is 1. The standard InChI is InChI=1S/C18H27N3O3/c1-20(2)16(14-7-6-8-15(11-14)24-3)12-19-17(22)13-21-10-5-4-9-18(21)23/h6-8,11,16H,4-5,9-10,12-13H2,1-3H3,(H,19,22). The zero-order chi connectivity index (χ0) is 17.5. The molecule has 0 bridgehead atoms. The molecule has 2 amide bonds. The molecule has 1 aromatic carbocycles.